The number of hydrogen-bond acceptors (Lipinski definition) is 3. The van der Waals surface area contributed by atoms with Crippen molar-refractivity contribution in [3.8, 4) is 5.75 Å². The van der Waals surface area contributed by atoms with Gasteiger partial charge in [-0.3, -0.25) is 4.98 Å². The van der Waals surface area contributed by atoms with Gasteiger partial charge in [0, 0.05) is 21.7 Å². The van der Waals surface area contributed by atoms with Crippen molar-refractivity contribution in [2.24, 2.45) is 0 Å². The largest absolute Gasteiger partial charge is 0.497 e. The summed E-state index contributed by atoms with van der Waals surface area (Å²) in [6.07, 6.45) is 3.55. The summed E-state index contributed by atoms with van der Waals surface area (Å²) >= 11 is 6.92. The molecule has 3 nitrogen and oxygen atoms in total. The first kappa shape index (κ1) is 13.4. The van der Waals surface area contributed by atoms with Crippen LogP contribution in [0.4, 0.5) is 5.69 Å². The second-order valence-corrected chi connectivity index (χ2v) is 5.47. The summed E-state index contributed by atoms with van der Waals surface area (Å²) in [4.78, 5) is 4.11. The minimum Gasteiger partial charge on any atom is -0.497 e. The van der Waals surface area contributed by atoms with Gasteiger partial charge < -0.3 is 10.1 Å². The summed E-state index contributed by atoms with van der Waals surface area (Å²) in [5, 5.41) is 3.32. The van der Waals surface area contributed by atoms with Crippen LogP contribution in [-0.4, -0.2) is 12.1 Å². The number of pyridine rings is 1. The third-order valence-electron chi connectivity index (χ3n) is 2.44. The molecule has 0 spiro atoms. The van der Waals surface area contributed by atoms with Gasteiger partial charge in [0.2, 0.25) is 0 Å². The van der Waals surface area contributed by atoms with E-state index < -0.39 is 0 Å². The number of ether oxygens (including phenoxy) is 1. The number of anilines is 1. The van der Waals surface area contributed by atoms with Gasteiger partial charge in [0.25, 0.3) is 0 Å². The summed E-state index contributed by atoms with van der Waals surface area (Å²) < 4.78 is 7.22. The van der Waals surface area contributed by atoms with E-state index in [1.54, 1.807) is 19.5 Å². The number of nitrogens with zero attached hydrogens (tertiary/aromatic N) is 1. The molecule has 0 saturated heterocycles. The summed E-state index contributed by atoms with van der Waals surface area (Å²) in [5.41, 5.74) is 2.11. The first-order chi connectivity index (χ1) is 8.69. The average molecular weight is 372 g/mol. The SMILES string of the molecule is COc1ccc(Br)c(CNc2cncc(Br)c2)c1. The predicted molar refractivity (Wildman–Crippen MR) is 80.0 cm³/mol. The number of nitrogens with one attached hydrogen (secondary N) is 1. The Balaban J connectivity index is 2.10. The lowest BCUT2D eigenvalue weighted by Gasteiger charge is -2.09. The molecule has 1 aromatic carbocycles. The lowest BCUT2D eigenvalue weighted by molar-refractivity contribution is 0.414. The van der Waals surface area contributed by atoms with Crippen molar-refractivity contribution in [2.45, 2.75) is 6.54 Å². The standard InChI is InChI=1S/C13H12Br2N2O/c1-18-12-2-3-13(15)9(4-12)6-17-11-5-10(14)7-16-8-11/h2-5,7-8,17H,6H2,1H3. The number of methoxy groups -OCH3 is 1. The Morgan fingerprint density at radius 1 is 1.22 bits per heavy atom. The van der Waals surface area contributed by atoms with Gasteiger partial charge in [0.05, 0.1) is 19.0 Å². The van der Waals surface area contributed by atoms with Gasteiger partial charge in [-0.15, -0.1) is 0 Å². The second-order valence-electron chi connectivity index (χ2n) is 3.70. The highest BCUT2D eigenvalue weighted by atomic mass is 79.9. The molecule has 0 bridgehead atoms. The number of aromatic nitrogens is 1. The second kappa shape index (κ2) is 6.20. The molecule has 2 aromatic rings. The molecule has 0 atom stereocenters. The zero-order chi connectivity index (χ0) is 13.0. The molecule has 0 fully saturated rings. The van der Waals surface area contributed by atoms with Crippen molar-refractivity contribution in [1.29, 1.82) is 0 Å². The van der Waals surface area contributed by atoms with Crippen LogP contribution in [0.25, 0.3) is 0 Å². The fraction of sp³-hybridized carbons (Fsp3) is 0.154. The Bertz CT molecular complexity index is 546. The Morgan fingerprint density at radius 3 is 2.78 bits per heavy atom. The quantitative estimate of drug-likeness (QED) is 0.873. The maximum atomic E-state index is 5.21. The molecule has 0 amide bonds. The first-order valence-corrected chi connectivity index (χ1v) is 6.94. The molecule has 0 aliphatic heterocycles. The molecule has 2 rings (SSSR count). The van der Waals surface area contributed by atoms with Crippen LogP contribution in [0.3, 0.4) is 0 Å². The summed E-state index contributed by atoms with van der Waals surface area (Å²) in [5.74, 6) is 0.849. The summed E-state index contributed by atoms with van der Waals surface area (Å²) in [6.45, 7) is 0.704. The van der Waals surface area contributed by atoms with Crippen LogP contribution in [0.15, 0.2) is 45.6 Å². The third-order valence-corrected chi connectivity index (χ3v) is 3.65. The van der Waals surface area contributed by atoms with Crippen molar-refractivity contribution >= 4 is 37.5 Å². The molecule has 0 aliphatic carbocycles. The zero-order valence-corrected chi connectivity index (χ0v) is 13.0. The van der Waals surface area contributed by atoms with Crippen LogP contribution in [0.1, 0.15) is 5.56 Å². The van der Waals surface area contributed by atoms with Crippen LogP contribution in [0.2, 0.25) is 0 Å². The van der Waals surface area contributed by atoms with Gasteiger partial charge in [-0.05, 0) is 45.8 Å². The van der Waals surface area contributed by atoms with Gasteiger partial charge in [-0.2, -0.15) is 0 Å². The zero-order valence-electron chi connectivity index (χ0n) is 9.78. The fourth-order valence-electron chi connectivity index (χ4n) is 1.52. The molecular weight excluding hydrogens is 360 g/mol. The van der Waals surface area contributed by atoms with Gasteiger partial charge in [-0.25, -0.2) is 0 Å². The maximum absolute atomic E-state index is 5.21. The van der Waals surface area contributed by atoms with E-state index in [-0.39, 0.29) is 0 Å². The molecule has 5 heteroatoms. The molecule has 1 heterocycles. The molecular formula is C13H12Br2N2O. The van der Waals surface area contributed by atoms with Crippen molar-refractivity contribution in [3.05, 3.63) is 51.2 Å². The minimum atomic E-state index is 0.704. The van der Waals surface area contributed by atoms with Gasteiger partial charge in [0.15, 0.2) is 0 Å². The van der Waals surface area contributed by atoms with E-state index >= 15 is 0 Å². The molecule has 0 aliphatic rings. The normalized spacial score (nSPS) is 10.2. The highest BCUT2D eigenvalue weighted by Crippen LogP contribution is 2.23. The van der Waals surface area contributed by atoms with Crippen molar-refractivity contribution in [1.82, 2.24) is 4.98 Å². The van der Waals surface area contributed by atoms with Crippen LogP contribution < -0.4 is 10.1 Å². The van der Waals surface area contributed by atoms with Gasteiger partial charge in [-0.1, -0.05) is 15.9 Å². The molecule has 0 saturated carbocycles. The molecule has 0 unspecified atom stereocenters. The van der Waals surface area contributed by atoms with Crippen molar-refractivity contribution in [3.63, 3.8) is 0 Å². The van der Waals surface area contributed by atoms with E-state index in [2.05, 4.69) is 42.2 Å². The molecule has 18 heavy (non-hydrogen) atoms. The van der Waals surface area contributed by atoms with Crippen LogP contribution in [0.5, 0.6) is 5.75 Å². The van der Waals surface area contributed by atoms with E-state index in [9.17, 15) is 0 Å². The van der Waals surface area contributed by atoms with E-state index in [0.29, 0.717) is 6.54 Å². The Hall–Kier alpha value is -1.07. The Kier molecular flexibility index (Phi) is 4.60. The van der Waals surface area contributed by atoms with Gasteiger partial charge in [0.1, 0.15) is 5.75 Å². The lowest BCUT2D eigenvalue weighted by atomic mass is 10.2. The lowest BCUT2D eigenvalue weighted by Crippen LogP contribution is -2.01. The molecule has 94 valence electrons. The number of halogens is 2. The Morgan fingerprint density at radius 2 is 2.06 bits per heavy atom. The van der Waals surface area contributed by atoms with Gasteiger partial charge >= 0.3 is 0 Å². The minimum absolute atomic E-state index is 0.704. The highest BCUT2D eigenvalue weighted by Gasteiger charge is 2.02. The van der Waals surface area contributed by atoms with Crippen LogP contribution in [0, 0.1) is 0 Å². The van der Waals surface area contributed by atoms with E-state index in [1.807, 2.05) is 24.3 Å². The van der Waals surface area contributed by atoms with E-state index in [0.717, 1.165) is 25.9 Å². The number of rotatable bonds is 4. The fourth-order valence-corrected chi connectivity index (χ4v) is 2.27. The smallest absolute Gasteiger partial charge is 0.119 e. The molecule has 0 radical (unpaired) electrons. The average Bonchev–Trinajstić information content (AvgIpc) is 2.38. The van der Waals surface area contributed by atoms with Crippen LogP contribution in [-0.2, 0) is 6.54 Å². The maximum Gasteiger partial charge on any atom is 0.119 e. The summed E-state index contributed by atoms with van der Waals surface area (Å²) in [7, 11) is 1.67. The molecule has 1 N–H and O–H groups in total. The van der Waals surface area contributed by atoms with Crippen molar-refractivity contribution in [2.75, 3.05) is 12.4 Å². The number of hydrogen-bond donors (Lipinski definition) is 1. The van der Waals surface area contributed by atoms with E-state index in [4.69, 9.17) is 4.74 Å². The monoisotopic (exact) mass is 370 g/mol. The van der Waals surface area contributed by atoms with E-state index in [1.165, 1.54) is 0 Å². The first-order valence-electron chi connectivity index (χ1n) is 5.36. The highest BCUT2D eigenvalue weighted by molar-refractivity contribution is 9.10. The Labute approximate surface area is 123 Å². The number of benzene rings is 1. The topological polar surface area (TPSA) is 34.1 Å². The molecule has 1 aromatic heterocycles. The summed E-state index contributed by atoms with van der Waals surface area (Å²) in [6, 6.07) is 7.90. The van der Waals surface area contributed by atoms with Crippen molar-refractivity contribution < 1.29 is 4.74 Å². The van der Waals surface area contributed by atoms with Crippen LogP contribution >= 0.6 is 31.9 Å². The third kappa shape index (κ3) is 3.46. The predicted octanol–water partition coefficient (Wildman–Crippen LogP) is 4.23.